The summed E-state index contributed by atoms with van der Waals surface area (Å²) in [6.07, 6.45) is 7.89. The Bertz CT molecular complexity index is 2120. The smallest absolute Gasteiger partial charge is 0.443 e. The molecule has 7 rings (SSSR count). The Morgan fingerprint density at radius 2 is 1.19 bits per heavy atom. The highest BCUT2D eigenvalue weighted by Gasteiger charge is 2.73. The van der Waals surface area contributed by atoms with Gasteiger partial charge in [-0.25, -0.2) is 9.59 Å². The number of benzene rings is 1. The van der Waals surface area contributed by atoms with E-state index in [-0.39, 0.29) is 87.8 Å². The summed E-state index contributed by atoms with van der Waals surface area (Å²) in [5.74, 6) is 0.671. The second-order valence-electron chi connectivity index (χ2n) is 21.5. The first kappa shape index (κ1) is 63.4. The van der Waals surface area contributed by atoms with E-state index < -0.39 is 52.7 Å². The first-order valence-corrected chi connectivity index (χ1v) is 26.8. The van der Waals surface area contributed by atoms with E-state index in [9.17, 15) is 29.3 Å². The van der Waals surface area contributed by atoms with Gasteiger partial charge in [-0.05, 0) is 75.3 Å². The van der Waals surface area contributed by atoms with Crippen molar-refractivity contribution in [1.29, 1.82) is 0 Å². The maximum absolute atomic E-state index is 12.7. The Labute approximate surface area is 452 Å². The van der Waals surface area contributed by atoms with Crippen molar-refractivity contribution in [3.05, 3.63) is 58.7 Å². The van der Waals surface area contributed by atoms with E-state index in [1.807, 2.05) is 27.7 Å². The number of nitro benzene ring substituents is 1. The van der Waals surface area contributed by atoms with Crippen LogP contribution >= 0.6 is 23.2 Å². The predicted molar refractivity (Wildman–Crippen MR) is 282 cm³/mol. The van der Waals surface area contributed by atoms with Crippen LogP contribution < -0.4 is 26.4 Å². The number of hydrogen-bond acceptors (Lipinski definition) is 16. The van der Waals surface area contributed by atoms with Crippen LogP contribution in [0.3, 0.4) is 0 Å². The van der Waals surface area contributed by atoms with Crippen molar-refractivity contribution >= 4 is 53.0 Å². The first-order chi connectivity index (χ1) is 35.3. The number of nitrogens with two attached hydrogens (primary N) is 1. The third kappa shape index (κ3) is 16.5. The van der Waals surface area contributed by atoms with Gasteiger partial charge < -0.3 is 64.3 Å². The van der Waals surface area contributed by atoms with Crippen LogP contribution in [0, 0.1) is 45.6 Å². The van der Waals surface area contributed by atoms with Crippen LogP contribution in [0.5, 0.6) is 5.75 Å². The lowest BCUT2D eigenvalue weighted by molar-refractivity contribution is -0.384. The molecular formula is C53H83Cl2N5O15. The molecule has 1 aromatic carbocycles. The number of alkyl carbamates (subject to hydrolysis) is 1. The monoisotopic (exact) mass is 1100 g/mol. The van der Waals surface area contributed by atoms with Gasteiger partial charge in [0.25, 0.3) is 5.69 Å². The summed E-state index contributed by atoms with van der Waals surface area (Å²) in [5, 5.41) is 18.7. The zero-order valence-corrected chi connectivity index (χ0v) is 47.6. The molecule has 75 heavy (non-hydrogen) atoms. The lowest BCUT2D eigenvalue weighted by Gasteiger charge is -2.42. The molecule has 2 aliphatic carbocycles. The van der Waals surface area contributed by atoms with Gasteiger partial charge in [0.1, 0.15) is 70.8 Å². The van der Waals surface area contributed by atoms with Crippen LogP contribution in [0.1, 0.15) is 94.9 Å². The summed E-state index contributed by atoms with van der Waals surface area (Å²) in [5.41, 5.74) is 3.87. The van der Waals surface area contributed by atoms with Gasteiger partial charge >= 0.3 is 12.2 Å². The minimum absolute atomic E-state index is 0.00947. The maximum atomic E-state index is 12.7. The molecule has 5 N–H and O–H groups in total. The van der Waals surface area contributed by atoms with E-state index in [2.05, 4.69) is 81.8 Å². The van der Waals surface area contributed by atoms with Crippen molar-refractivity contribution in [2.75, 3.05) is 46.9 Å². The molecule has 4 heterocycles. The van der Waals surface area contributed by atoms with Gasteiger partial charge in [-0.15, -0.1) is 23.2 Å². The molecule has 6 fully saturated rings. The molecule has 4 aliphatic heterocycles. The van der Waals surface area contributed by atoms with Crippen molar-refractivity contribution in [2.24, 2.45) is 41.2 Å². The molecule has 22 heteroatoms. The van der Waals surface area contributed by atoms with E-state index in [1.165, 1.54) is 24.3 Å². The highest BCUT2D eigenvalue weighted by molar-refractivity contribution is 6.40. The number of carbonyl (C=O) groups excluding carboxylic acids is 4. The number of halogens is 2. The number of carbonyl (C=O) groups is 4. The number of amides is 3. The summed E-state index contributed by atoms with van der Waals surface area (Å²) in [6, 6.07) is 4.22. The van der Waals surface area contributed by atoms with Crippen molar-refractivity contribution < 1.29 is 66.7 Å². The lowest BCUT2D eigenvalue weighted by Crippen LogP contribution is -2.57. The fourth-order valence-corrected chi connectivity index (χ4v) is 10.2. The fraction of sp³-hybridized carbons (Fsp3) is 0.736. The Kier molecular flexibility index (Phi) is 23.2. The van der Waals surface area contributed by atoms with Crippen LogP contribution in [-0.4, -0.2) is 147 Å². The highest BCUT2D eigenvalue weighted by Crippen LogP contribution is 2.60. The SMILES string of the molecule is CNC(=O)C(N)C(C)C.CNC(=O)C(NC(=O)O[C@@H]1CC[C@]2(CO2)C([C@]2(C)O[C@@H]2/C=C/C(C)C)[C@@H]1OC)C(C)C.CO[C@H]1C([C@]2(C)O[C@@H]2/C=C/C(C)C)[C@]2(CC[C@H]1OC(=O)Oc1ccc([N+](=O)[O-])cc1)CO2.ClCCl. The highest BCUT2D eigenvalue weighted by atomic mass is 35.5. The van der Waals surface area contributed by atoms with Gasteiger partial charge in [0, 0.05) is 40.4 Å². The van der Waals surface area contributed by atoms with E-state index in [4.69, 9.17) is 71.6 Å². The van der Waals surface area contributed by atoms with E-state index in [0.717, 1.165) is 12.8 Å². The van der Waals surface area contributed by atoms with Crippen LogP contribution in [0.25, 0.3) is 0 Å². The lowest BCUT2D eigenvalue weighted by atomic mass is 9.68. The Morgan fingerprint density at radius 3 is 1.52 bits per heavy atom. The molecule has 424 valence electrons. The second-order valence-corrected chi connectivity index (χ2v) is 22.3. The normalized spacial score (nSPS) is 32.8. The number of allylic oxidation sites excluding steroid dienone is 2. The van der Waals surface area contributed by atoms with Gasteiger partial charge in [0.2, 0.25) is 11.8 Å². The number of non-ortho nitro benzene ring substituents is 1. The molecular weight excluding hydrogens is 1020 g/mol. The van der Waals surface area contributed by atoms with Crippen molar-refractivity contribution in [2.45, 2.75) is 166 Å². The molecule has 3 amide bonds. The first-order valence-electron chi connectivity index (χ1n) is 25.7. The topological polar surface area (TPSA) is 270 Å². The van der Waals surface area contributed by atoms with Crippen LogP contribution in [0.4, 0.5) is 15.3 Å². The molecule has 2 spiro atoms. The average Bonchev–Trinajstić information content (AvgIpc) is 4.25. The third-order valence-electron chi connectivity index (χ3n) is 14.6. The number of nitro groups is 1. The quantitative estimate of drug-likeness (QED) is 0.0222. The summed E-state index contributed by atoms with van der Waals surface area (Å²) in [7, 11) is 6.37. The molecule has 4 saturated heterocycles. The molecule has 20 nitrogen and oxygen atoms in total. The molecule has 4 unspecified atom stereocenters. The van der Waals surface area contributed by atoms with Crippen LogP contribution in [0.15, 0.2) is 48.6 Å². The van der Waals surface area contributed by atoms with Crippen molar-refractivity contribution in [3.8, 4) is 5.75 Å². The summed E-state index contributed by atoms with van der Waals surface area (Å²) >= 11 is 9.53. The summed E-state index contributed by atoms with van der Waals surface area (Å²) < 4.78 is 52.4. The predicted octanol–water partition coefficient (Wildman–Crippen LogP) is 7.60. The molecule has 0 bridgehead atoms. The number of likely N-dealkylation sites (N-methyl/N-ethyl adjacent to an activating group) is 2. The van der Waals surface area contributed by atoms with Gasteiger partial charge in [-0.3, -0.25) is 19.7 Å². The number of rotatable bonds is 17. The minimum Gasteiger partial charge on any atom is -0.443 e. The molecule has 0 radical (unpaired) electrons. The minimum atomic E-state index is -0.879. The summed E-state index contributed by atoms with van der Waals surface area (Å²) in [6.45, 7) is 21.5. The standard InChI is InChI=1S/C23H38N2O6.C23H29NO8.C6H14N2O.CH2Cl2/c1-13(2)8-9-16-22(5,31-16)19-18(28-7)15(10-11-23(19)12-29-23)30-21(27)25-17(14(3)4)20(26)24-6;1-14(2)5-10-18-22(3,32-18)20-19(28-4)17(11-12-23(20)13-29-23)31-21(25)30-16-8-6-15(7-9-16)24(26)27;1-4(2)5(7)6(9)8-3;2-1-3/h8-9,13-19H,10-12H2,1-7H3,(H,24,26)(H,25,27);5-10,14,17-20H,11-13H2,1-4H3;4-5H,7H2,1-3H3,(H,8,9);1H2/b9-8+;10-5+;;/t15-,16-,17?,18-,19?,22-,23+;17-,18-,19-,20?,22-,23+;;/m11../s1. The number of ether oxygens (including phenoxy) is 9. The number of hydrogen-bond donors (Lipinski definition) is 4. The van der Waals surface area contributed by atoms with Crippen LogP contribution in [0.2, 0.25) is 0 Å². The van der Waals surface area contributed by atoms with Crippen LogP contribution in [-0.2, 0) is 47.5 Å². The molecule has 0 aromatic heterocycles. The molecule has 2 saturated carbocycles. The number of nitrogens with one attached hydrogen (secondary N) is 3. The maximum Gasteiger partial charge on any atom is 0.514 e. The average molecular weight is 1100 g/mol. The van der Waals surface area contributed by atoms with E-state index >= 15 is 0 Å². The molecule has 14 atom stereocenters. The van der Waals surface area contributed by atoms with Gasteiger partial charge in [0.15, 0.2) is 0 Å². The zero-order valence-electron chi connectivity index (χ0n) is 46.1. The number of epoxide rings is 4. The molecule has 1 aromatic rings. The van der Waals surface area contributed by atoms with E-state index in [1.54, 1.807) is 28.3 Å². The molecule has 6 aliphatic rings. The van der Waals surface area contributed by atoms with Gasteiger partial charge in [-0.1, -0.05) is 79.7 Å². The fourth-order valence-electron chi connectivity index (χ4n) is 10.2. The Balaban J connectivity index is 0.000000267. The Hall–Kier alpha value is -4.12. The van der Waals surface area contributed by atoms with Gasteiger partial charge in [-0.2, -0.15) is 0 Å². The number of alkyl halides is 2. The third-order valence-corrected chi connectivity index (χ3v) is 14.6. The largest absolute Gasteiger partial charge is 0.514 e. The zero-order chi connectivity index (χ0) is 56.2. The summed E-state index contributed by atoms with van der Waals surface area (Å²) in [4.78, 5) is 58.2. The number of nitrogens with zero attached hydrogens (tertiary/aromatic N) is 1. The van der Waals surface area contributed by atoms with E-state index in [0.29, 0.717) is 37.9 Å². The number of methoxy groups -OCH3 is 2. The van der Waals surface area contributed by atoms with Gasteiger partial charge in [0.05, 0.1) is 41.4 Å². The Morgan fingerprint density at radius 1 is 0.760 bits per heavy atom. The second kappa shape index (κ2) is 27.5. The van der Waals surface area contributed by atoms with Crippen molar-refractivity contribution in [1.82, 2.24) is 16.0 Å². The van der Waals surface area contributed by atoms with Crippen molar-refractivity contribution in [3.63, 3.8) is 0 Å².